The molecule has 0 bridgehead atoms. The minimum Gasteiger partial charge on any atom is -0.494 e. The van der Waals surface area contributed by atoms with Crippen molar-refractivity contribution in [3.63, 3.8) is 0 Å². The summed E-state index contributed by atoms with van der Waals surface area (Å²) in [7, 11) is 0. The van der Waals surface area contributed by atoms with Crippen LogP contribution in [0.5, 0.6) is 11.5 Å². The number of ether oxygens (including phenoxy) is 2. The molecule has 0 spiro atoms. The van der Waals surface area contributed by atoms with E-state index in [2.05, 4.69) is 6.07 Å². The van der Waals surface area contributed by atoms with Crippen LogP contribution >= 0.6 is 0 Å². The molecule has 2 atom stereocenters. The molecule has 0 N–H and O–H groups in total. The molecule has 0 aliphatic carbocycles. The van der Waals surface area contributed by atoms with Crippen LogP contribution in [0.25, 0.3) is 0 Å². The fourth-order valence-corrected chi connectivity index (χ4v) is 4.00. The zero-order chi connectivity index (χ0) is 19.8. The number of hydrazone groups is 1. The van der Waals surface area contributed by atoms with Gasteiger partial charge in [-0.2, -0.15) is 5.10 Å². The van der Waals surface area contributed by atoms with Crippen molar-refractivity contribution in [2.45, 2.75) is 25.6 Å². The van der Waals surface area contributed by atoms with Crippen LogP contribution in [0.2, 0.25) is 0 Å². The van der Waals surface area contributed by atoms with Gasteiger partial charge in [-0.1, -0.05) is 36.4 Å². The van der Waals surface area contributed by atoms with Crippen LogP contribution in [0.15, 0.2) is 77.9 Å². The molecule has 2 aliphatic rings. The molecule has 3 aromatic rings. The predicted molar refractivity (Wildman–Crippen MR) is 110 cm³/mol. The quantitative estimate of drug-likeness (QED) is 0.595. The summed E-state index contributed by atoms with van der Waals surface area (Å²) < 4.78 is 26.3. The monoisotopic (exact) mass is 388 g/mol. The van der Waals surface area contributed by atoms with E-state index in [1.54, 1.807) is 12.1 Å². The molecule has 3 aromatic carbocycles. The van der Waals surface area contributed by atoms with Gasteiger partial charge in [0.25, 0.3) is 0 Å². The highest BCUT2D eigenvalue weighted by molar-refractivity contribution is 6.02. The minimum atomic E-state index is -0.601. The summed E-state index contributed by atoms with van der Waals surface area (Å²) in [6.45, 7) is 2.60. The van der Waals surface area contributed by atoms with Crippen LogP contribution in [-0.2, 0) is 0 Å². The van der Waals surface area contributed by atoms with Gasteiger partial charge in [-0.15, -0.1) is 0 Å². The van der Waals surface area contributed by atoms with E-state index in [0.717, 1.165) is 34.8 Å². The molecule has 29 heavy (non-hydrogen) atoms. The van der Waals surface area contributed by atoms with Crippen molar-refractivity contribution in [3.05, 3.63) is 95.3 Å². The van der Waals surface area contributed by atoms with Crippen LogP contribution < -0.4 is 9.47 Å². The summed E-state index contributed by atoms with van der Waals surface area (Å²) in [6.07, 6.45) is 0.135. The summed E-state index contributed by atoms with van der Waals surface area (Å²) in [5.74, 6) is 1.33. The van der Waals surface area contributed by atoms with Crippen LogP contribution in [0.3, 0.4) is 0 Å². The molecular weight excluding hydrogens is 367 g/mol. The first-order chi connectivity index (χ1) is 14.2. The first-order valence-corrected chi connectivity index (χ1v) is 9.83. The van der Waals surface area contributed by atoms with Gasteiger partial charge >= 0.3 is 0 Å². The number of para-hydroxylation sites is 1. The van der Waals surface area contributed by atoms with E-state index in [1.807, 2.05) is 60.5 Å². The molecule has 0 amide bonds. The first kappa shape index (κ1) is 17.7. The second-order valence-corrected chi connectivity index (χ2v) is 7.13. The Bertz CT molecular complexity index is 1060. The molecule has 146 valence electrons. The Balaban J connectivity index is 1.55. The van der Waals surface area contributed by atoms with E-state index in [0.29, 0.717) is 12.2 Å². The van der Waals surface area contributed by atoms with E-state index >= 15 is 0 Å². The Kier molecular flexibility index (Phi) is 4.43. The molecule has 0 saturated carbocycles. The van der Waals surface area contributed by atoms with Gasteiger partial charge in [0.05, 0.1) is 23.9 Å². The van der Waals surface area contributed by atoms with Crippen molar-refractivity contribution >= 4 is 5.71 Å². The standard InChI is InChI=1S/C24H21FN2O2/c1-2-28-17-13-11-16(12-14-17)21-15-22-19-8-4-6-10-23(19)29-24(27(22)26-21)18-7-3-5-9-20(18)25/h3-14,22,24H,2,15H2,1H3/t22-,24+/m1/s1. The lowest BCUT2D eigenvalue weighted by Gasteiger charge is -2.38. The summed E-state index contributed by atoms with van der Waals surface area (Å²) in [6, 6.07) is 22.6. The molecule has 0 fully saturated rings. The van der Waals surface area contributed by atoms with E-state index < -0.39 is 6.23 Å². The molecule has 4 nitrogen and oxygen atoms in total. The van der Waals surface area contributed by atoms with Gasteiger partial charge < -0.3 is 9.47 Å². The van der Waals surface area contributed by atoms with Gasteiger partial charge in [-0.3, -0.25) is 0 Å². The molecule has 2 aliphatic heterocycles. The molecule has 0 saturated heterocycles. The lowest BCUT2D eigenvalue weighted by atomic mass is 9.96. The third kappa shape index (κ3) is 3.12. The zero-order valence-corrected chi connectivity index (χ0v) is 16.1. The van der Waals surface area contributed by atoms with Crippen LogP contribution in [0, 0.1) is 5.82 Å². The Morgan fingerprint density at radius 1 is 1.00 bits per heavy atom. The van der Waals surface area contributed by atoms with Gasteiger partial charge in [0.15, 0.2) is 0 Å². The second-order valence-electron chi connectivity index (χ2n) is 7.13. The highest BCUT2D eigenvalue weighted by Gasteiger charge is 2.41. The summed E-state index contributed by atoms with van der Waals surface area (Å²) in [5, 5.41) is 6.77. The predicted octanol–water partition coefficient (Wildman–Crippen LogP) is 5.47. The maximum absolute atomic E-state index is 14.6. The summed E-state index contributed by atoms with van der Waals surface area (Å²) >= 11 is 0. The van der Waals surface area contributed by atoms with Gasteiger partial charge in [-0.25, -0.2) is 9.40 Å². The maximum Gasteiger partial charge on any atom is 0.216 e. The van der Waals surface area contributed by atoms with Crippen molar-refractivity contribution in [2.24, 2.45) is 5.10 Å². The minimum absolute atomic E-state index is 0.00567. The molecular formula is C24H21FN2O2. The van der Waals surface area contributed by atoms with Crippen molar-refractivity contribution in [2.75, 3.05) is 6.61 Å². The topological polar surface area (TPSA) is 34.1 Å². The van der Waals surface area contributed by atoms with Gasteiger partial charge in [-0.05, 0) is 48.9 Å². The van der Waals surface area contributed by atoms with E-state index in [4.69, 9.17) is 14.6 Å². The Hall–Kier alpha value is -3.34. The van der Waals surface area contributed by atoms with Gasteiger partial charge in [0, 0.05) is 12.0 Å². The number of fused-ring (bicyclic) bond motifs is 3. The van der Waals surface area contributed by atoms with Crippen LogP contribution in [-0.4, -0.2) is 17.3 Å². The lowest BCUT2D eigenvalue weighted by molar-refractivity contribution is -0.0212. The van der Waals surface area contributed by atoms with Crippen molar-refractivity contribution in [3.8, 4) is 11.5 Å². The lowest BCUT2D eigenvalue weighted by Crippen LogP contribution is -2.34. The van der Waals surface area contributed by atoms with Gasteiger partial charge in [0.1, 0.15) is 17.3 Å². The molecule has 0 aromatic heterocycles. The fraction of sp³-hybridized carbons (Fsp3) is 0.208. The molecule has 2 heterocycles. The molecule has 5 heteroatoms. The smallest absolute Gasteiger partial charge is 0.216 e. The summed E-state index contributed by atoms with van der Waals surface area (Å²) in [4.78, 5) is 0. The first-order valence-electron chi connectivity index (χ1n) is 9.83. The van der Waals surface area contributed by atoms with E-state index in [-0.39, 0.29) is 11.9 Å². The van der Waals surface area contributed by atoms with Crippen LogP contribution in [0.4, 0.5) is 4.39 Å². The van der Waals surface area contributed by atoms with Crippen molar-refractivity contribution < 1.29 is 13.9 Å². The average molecular weight is 388 g/mol. The van der Waals surface area contributed by atoms with Crippen molar-refractivity contribution in [1.29, 1.82) is 0 Å². The largest absolute Gasteiger partial charge is 0.494 e. The maximum atomic E-state index is 14.6. The van der Waals surface area contributed by atoms with Crippen molar-refractivity contribution in [1.82, 2.24) is 5.01 Å². The summed E-state index contributed by atoms with van der Waals surface area (Å²) in [5.41, 5.74) is 3.56. The molecule has 0 radical (unpaired) electrons. The average Bonchev–Trinajstić information content (AvgIpc) is 3.20. The number of hydrogen-bond acceptors (Lipinski definition) is 4. The Morgan fingerprint density at radius 2 is 1.72 bits per heavy atom. The third-order valence-corrected chi connectivity index (χ3v) is 5.37. The van der Waals surface area contributed by atoms with E-state index in [1.165, 1.54) is 6.07 Å². The van der Waals surface area contributed by atoms with Crippen LogP contribution in [0.1, 0.15) is 42.3 Å². The number of rotatable bonds is 4. The number of halogens is 1. The number of nitrogens with zero attached hydrogens (tertiary/aromatic N) is 2. The highest BCUT2D eigenvalue weighted by Crippen LogP contribution is 2.47. The SMILES string of the molecule is CCOc1ccc(C2=NN3[C@H](C2)c2ccccc2O[C@H]3c2ccccc2F)cc1. The second kappa shape index (κ2) is 7.24. The Morgan fingerprint density at radius 3 is 2.48 bits per heavy atom. The van der Waals surface area contributed by atoms with E-state index in [9.17, 15) is 4.39 Å². The Labute approximate surface area is 169 Å². The van der Waals surface area contributed by atoms with Gasteiger partial charge in [0.2, 0.25) is 6.23 Å². The number of hydrogen-bond donors (Lipinski definition) is 0. The third-order valence-electron chi connectivity index (χ3n) is 5.37. The molecule has 0 unspecified atom stereocenters. The normalized spacial score (nSPS) is 19.8. The zero-order valence-electron chi connectivity index (χ0n) is 16.1. The highest BCUT2D eigenvalue weighted by atomic mass is 19.1. The fourth-order valence-electron chi connectivity index (χ4n) is 4.00. The molecule has 5 rings (SSSR count). The number of benzene rings is 3.